The number of nitrogens with one attached hydrogen (secondary N) is 3. The van der Waals surface area contributed by atoms with E-state index in [2.05, 4.69) is 25.7 Å². The lowest BCUT2D eigenvalue weighted by atomic mass is 10.2. The zero-order valence-electron chi connectivity index (χ0n) is 16.5. The highest BCUT2D eigenvalue weighted by atomic mass is 35.5. The minimum atomic E-state index is -2.93. The summed E-state index contributed by atoms with van der Waals surface area (Å²) in [5.41, 5.74) is 0.871. The van der Waals surface area contributed by atoms with Crippen LogP contribution in [0.1, 0.15) is 15.9 Å². The number of nitrogens with zero attached hydrogens (tertiary/aromatic N) is 1. The molecule has 0 aliphatic heterocycles. The standard InChI is InChI=1S/C20H23ClF2N4O3/c1-24-20(26-10-9-25-18(28)15-5-3-4-6-16(15)21)27-12-13-11-14(29-2)7-8-17(13)30-19(22)23/h3-8,11,19H,9-10,12H2,1-2H3,(H,25,28)(H2,24,26,27). The van der Waals surface area contributed by atoms with Gasteiger partial charge in [-0.15, -0.1) is 0 Å². The molecule has 2 aromatic rings. The maximum absolute atomic E-state index is 12.6. The molecule has 0 atom stereocenters. The minimum absolute atomic E-state index is 0.0424. The summed E-state index contributed by atoms with van der Waals surface area (Å²) >= 11 is 6.00. The molecule has 30 heavy (non-hydrogen) atoms. The molecule has 0 aliphatic rings. The van der Waals surface area contributed by atoms with Crippen molar-refractivity contribution >= 4 is 23.5 Å². The van der Waals surface area contributed by atoms with E-state index >= 15 is 0 Å². The molecule has 0 fully saturated rings. The lowest BCUT2D eigenvalue weighted by molar-refractivity contribution is -0.0505. The Balaban J connectivity index is 1.85. The fourth-order valence-electron chi connectivity index (χ4n) is 2.53. The number of methoxy groups -OCH3 is 1. The van der Waals surface area contributed by atoms with Crippen LogP contribution in [0.5, 0.6) is 11.5 Å². The molecule has 7 nitrogen and oxygen atoms in total. The Morgan fingerprint density at radius 1 is 1.13 bits per heavy atom. The fraction of sp³-hybridized carbons (Fsp3) is 0.300. The van der Waals surface area contributed by atoms with Crippen LogP contribution in [0, 0.1) is 0 Å². The third-order valence-electron chi connectivity index (χ3n) is 3.98. The molecule has 0 aliphatic carbocycles. The number of carbonyl (C=O) groups is 1. The van der Waals surface area contributed by atoms with Crippen LogP contribution in [0.15, 0.2) is 47.5 Å². The van der Waals surface area contributed by atoms with E-state index in [1.807, 2.05) is 0 Å². The van der Waals surface area contributed by atoms with Gasteiger partial charge in [-0.1, -0.05) is 23.7 Å². The Kier molecular flexibility index (Phi) is 9.14. The summed E-state index contributed by atoms with van der Waals surface area (Å²) in [7, 11) is 3.05. The van der Waals surface area contributed by atoms with Gasteiger partial charge in [0.25, 0.3) is 5.91 Å². The Bertz CT molecular complexity index is 881. The molecule has 0 aromatic heterocycles. The second kappa shape index (κ2) is 11.8. The van der Waals surface area contributed by atoms with Crippen molar-refractivity contribution in [2.24, 2.45) is 4.99 Å². The number of hydrogen-bond donors (Lipinski definition) is 3. The lowest BCUT2D eigenvalue weighted by Crippen LogP contribution is -2.41. The summed E-state index contributed by atoms with van der Waals surface area (Å²) in [6.45, 7) is -2.06. The van der Waals surface area contributed by atoms with Crippen LogP contribution < -0.4 is 25.4 Å². The van der Waals surface area contributed by atoms with Crippen molar-refractivity contribution in [2.75, 3.05) is 27.2 Å². The number of carbonyl (C=O) groups excluding carboxylic acids is 1. The quantitative estimate of drug-likeness (QED) is 0.317. The van der Waals surface area contributed by atoms with Crippen LogP contribution in [0.25, 0.3) is 0 Å². The number of benzene rings is 2. The summed E-state index contributed by atoms with van der Waals surface area (Å²) in [6, 6.07) is 11.3. The highest BCUT2D eigenvalue weighted by Crippen LogP contribution is 2.25. The molecular formula is C20H23ClF2N4O3. The van der Waals surface area contributed by atoms with Crippen molar-refractivity contribution in [2.45, 2.75) is 13.2 Å². The summed E-state index contributed by atoms with van der Waals surface area (Å²) in [5, 5.41) is 9.15. The van der Waals surface area contributed by atoms with Crippen molar-refractivity contribution in [3.8, 4) is 11.5 Å². The first-order valence-corrected chi connectivity index (χ1v) is 9.41. The number of guanidine groups is 1. The van der Waals surface area contributed by atoms with Gasteiger partial charge < -0.3 is 25.4 Å². The molecule has 1 amide bonds. The van der Waals surface area contributed by atoms with Gasteiger partial charge in [0.05, 0.1) is 17.7 Å². The summed E-state index contributed by atoms with van der Waals surface area (Å²) in [6.07, 6.45) is 0. The van der Waals surface area contributed by atoms with Crippen LogP contribution >= 0.6 is 11.6 Å². The smallest absolute Gasteiger partial charge is 0.387 e. The van der Waals surface area contributed by atoms with Crippen molar-refractivity contribution in [1.29, 1.82) is 0 Å². The third-order valence-corrected chi connectivity index (χ3v) is 4.30. The molecule has 2 aromatic carbocycles. The molecular weight excluding hydrogens is 418 g/mol. The normalized spacial score (nSPS) is 11.2. The minimum Gasteiger partial charge on any atom is -0.497 e. The topological polar surface area (TPSA) is 84.0 Å². The monoisotopic (exact) mass is 440 g/mol. The first kappa shape index (κ1) is 23.2. The highest BCUT2D eigenvalue weighted by Gasteiger charge is 2.12. The van der Waals surface area contributed by atoms with Crippen LogP contribution in [-0.4, -0.2) is 45.7 Å². The Morgan fingerprint density at radius 3 is 2.53 bits per heavy atom. The maximum atomic E-state index is 12.6. The van der Waals surface area contributed by atoms with Crippen molar-refractivity contribution < 1.29 is 23.0 Å². The first-order valence-electron chi connectivity index (χ1n) is 9.03. The maximum Gasteiger partial charge on any atom is 0.387 e. The first-order chi connectivity index (χ1) is 14.4. The molecule has 2 rings (SSSR count). The second-order valence-electron chi connectivity index (χ2n) is 5.94. The molecule has 0 unspecified atom stereocenters. The highest BCUT2D eigenvalue weighted by molar-refractivity contribution is 6.33. The van der Waals surface area contributed by atoms with Crippen LogP contribution in [0.4, 0.5) is 8.78 Å². The van der Waals surface area contributed by atoms with Gasteiger partial charge in [0.1, 0.15) is 11.5 Å². The van der Waals surface area contributed by atoms with Gasteiger partial charge >= 0.3 is 6.61 Å². The molecule has 0 spiro atoms. The van der Waals surface area contributed by atoms with E-state index in [-0.39, 0.29) is 18.2 Å². The van der Waals surface area contributed by atoms with Gasteiger partial charge in [-0.2, -0.15) is 8.78 Å². The van der Waals surface area contributed by atoms with Crippen molar-refractivity contribution in [3.05, 3.63) is 58.6 Å². The van der Waals surface area contributed by atoms with Crippen molar-refractivity contribution in [3.63, 3.8) is 0 Å². The zero-order chi connectivity index (χ0) is 21.9. The number of aliphatic imine (C=N–C) groups is 1. The molecule has 0 heterocycles. The van der Waals surface area contributed by atoms with Gasteiger partial charge in [-0.3, -0.25) is 9.79 Å². The second-order valence-corrected chi connectivity index (χ2v) is 6.35. The van der Waals surface area contributed by atoms with Crippen LogP contribution in [0.3, 0.4) is 0 Å². The van der Waals surface area contributed by atoms with Gasteiger partial charge in [-0.25, -0.2) is 0 Å². The van der Waals surface area contributed by atoms with E-state index < -0.39 is 6.61 Å². The van der Waals surface area contributed by atoms with E-state index in [4.69, 9.17) is 16.3 Å². The SMILES string of the molecule is CN=C(NCCNC(=O)c1ccccc1Cl)NCc1cc(OC)ccc1OC(F)F. The van der Waals surface area contributed by atoms with Gasteiger partial charge in [0.2, 0.25) is 0 Å². The van der Waals surface area contributed by atoms with E-state index in [1.54, 1.807) is 37.4 Å². The number of amides is 1. The van der Waals surface area contributed by atoms with Crippen LogP contribution in [-0.2, 0) is 6.54 Å². The summed E-state index contributed by atoms with van der Waals surface area (Å²) in [4.78, 5) is 16.2. The average molecular weight is 441 g/mol. The predicted molar refractivity (Wildman–Crippen MR) is 112 cm³/mol. The van der Waals surface area contributed by atoms with Crippen LogP contribution in [0.2, 0.25) is 5.02 Å². The molecule has 0 saturated heterocycles. The number of hydrogen-bond acceptors (Lipinski definition) is 4. The summed E-state index contributed by atoms with van der Waals surface area (Å²) in [5.74, 6) is 0.697. The number of rotatable bonds is 9. The Morgan fingerprint density at radius 2 is 1.87 bits per heavy atom. The molecule has 10 heteroatoms. The van der Waals surface area contributed by atoms with E-state index in [1.165, 1.54) is 19.2 Å². The average Bonchev–Trinajstić information content (AvgIpc) is 2.73. The Labute approximate surface area is 178 Å². The molecule has 0 radical (unpaired) electrons. The van der Waals surface area contributed by atoms with E-state index in [0.717, 1.165) is 0 Å². The molecule has 0 bridgehead atoms. The number of alkyl halides is 2. The molecule has 3 N–H and O–H groups in total. The zero-order valence-corrected chi connectivity index (χ0v) is 17.3. The van der Waals surface area contributed by atoms with Gasteiger partial charge in [0, 0.05) is 32.2 Å². The van der Waals surface area contributed by atoms with Crippen molar-refractivity contribution in [1.82, 2.24) is 16.0 Å². The number of halogens is 3. The molecule has 0 saturated carbocycles. The van der Waals surface area contributed by atoms with Gasteiger partial charge in [0.15, 0.2) is 5.96 Å². The number of ether oxygens (including phenoxy) is 2. The summed E-state index contributed by atoms with van der Waals surface area (Å²) < 4.78 is 34.9. The largest absolute Gasteiger partial charge is 0.497 e. The predicted octanol–water partition coefficient (Wildman–Crippen LogP) is 3.05. The van der Waals surface area contributed by atoms with Gasteiger partial charge in [-0.05, 0) is 30.3 Å². The van der Waals surface area contributed by atoms with E-state index in [9.17, 15) is 13.6 Å². The van der Waals surface area contributed by atoms with E-state index in [0.29, 0.717) is 40.9 Å². The third kappa shape index (κ3) is 7.07. The Hall–Kier alpha value is -3.07. The molecule has 162 valence electrons. The fourth-order valence-corrected chi connectivity index (χ4v) is 2.75. The lowest BCUT2D eigenvalue weighted by Gasteiger charge is -2.15.